The lowest BCUT2D eigenvalue weighted by molar-refractivity contribution is -0.187. The lowest BCUT2D eigenvalue weighted by Crippen LogP contribution is -2.62. The van der Waals surface area contributed by atoms with Crippen molar-refractivity contribution in [1.29, 1.82) is 0 Å². The van der Waals surface area contributed by atoms with E-state index < -0.39 is 24.2 Å². The van der Waals surface area contributed by atoms with Gasteiger partial charge < -0.3 is 30.3 Å². The number of hydrogen-bond donors (Lipinski definition) is 3. The maximum Gasteiger partial charge on any atom is 0.240 e. The second-order valence-corrected chi connectivity index (χ2v) is 17.9. The average Bonchev–Trinajstić information content (AvgIpc) is 3.42. The van der Waals surface area contributed by atoms with Gasteiger partial charge in [0.05, 0.1) is 12.2 Å². The summed E-state index contributed by atoms with van der Waals surface area (Å²) in [7, 11) is 8.07. The summed E-state index contributed by atoms with van der Waals surface area (Å²) < 4.78 is 6.41. The van der Waals surface area contributed by atoms with Crippen molar-refractivity contribution < 1.29 is 29.1 Å². The number of carbonyl (C=O) groups is 3. The van der Waals surface area contributed by atoms with E-state index in [1.807, 2.05) is 24.1 Å². The molecule has 1 saturated heterocycles. The van der Waals surface area contributed by atoms with E-state index in [1.165, 1.54) is 13.3 Å². The van der Waals surface area contributed by atoms with Crippen molar-refractivity contribution >= 4 is 17.7 Å². The first-order valence-corrected chi connectivity index (χ1v) is 19.6. The standard InChI is InChI=1S/C39H69N5O6/c1-22-32-17-29(39(32,5)6)18-33(22)41-38(48)36-35(23(2)45)34(19-40-24(3)46)50-44(36)21-27-12-11-13-31(37(27)49-10)28-14-26(20-43(9)25(4)47)15-30(16-28)42(7)8/h22-23,26-37,45H,11-21H2,1-10H3,(H,40,46)(H,41,48)/t22-,23-,26?,27?,28?,29+,30?,31?,32-,33-,34-,35+,36-,37?/m0/s1. The highest BCUT2D eigenvalue weighted by Crippen LogP contribution is 2.61. The molecule has 11 nitrogen and oxygen atoms in total. The van der Waals surface area contributed by atoms with Crippen LogP contribution in [-0.2, 0) is 24.0 Å². The zero-order valence-corrected chi connectivity index (χ0v) is 32.7. The fourth-order valence-electron chi connectivity index (χ4n) is 11.2. The number of methoxy groups -OCH3 is 1. The molecular formula is C39H69N5O6. The molecule has 0 spiro atoms. The highest BCUT2D eigenvalue weighted by Gasteiger charge is 2.58. The molecule has 1 heterocycles. The first kappa shape index (κ1) is 39.4. The van der Waals surface area contributed by atoms with E-state index in [0.717, 1.165) is 51.5 Å². The Kier molecular flexibility index (Phi) is 12.7. The van der Waals surface area contributed by atoms with Crippen LogP contribution in [0.1, 0.15) is 92.9 Å². The molecule has 0 aromatic heterocycles. The molecule has 14 atom stereocenters. The molecule has 286 valence electrons. The molecule has 3 N–H and O–H groups in total. The van der Waals surface area contributed by atoms with Gasteiger partial charge in [0.1, 0.15) is 12.1 Å². The van der Waals surface area contributed by atoms with Gasteiger partial charge in [-0.2, -0.15) is 5.06 Å². The van der Waals surface area contributed by atoms with E-state index >= 15 is 0 Å². The van der Waals surface area contributed by atoms with Gasteiger partial charge in [0.2, 0.25) is 17.7 Å². The van der Waals surface area contributed by atoms with Crippen LogP contribution in [0.2, 0.25) is 0 Å². The Morgan fingerprint density at radius 2 is 1.78 bits per heavy atom. The maximum atomic E-state index is 14.4. The van der Waals surface area contributed by atoms with Crippen molar-refractivity contribution in [3.8, 4) is 0 Å². The molecule has 5 aliphatic carbocycles. The highest BCUT2D eigenvalue weighted by atomic mass is 16.7. The SMILES string of the molecule is COC1C(CN2O[C@@H](CNC(C)=O)[C@@H]([C@H](C)O)[C@H]2C(=O)N[C@H]2C[C@H]3C[C@@H]([C@@H]2C)C3(C)C)CCCC1C1CC(CN(C)C(C)=O)CC(N(C)C)C1. The summed E-state index contributed by atoms with van der Waals surface area (Å²) >= 11 is 0. The Bertz CT molecular complexity index is 1200. The maximum absolute atomic E-state index is 14.4. The molecule has 6 fully saturated rings. The topological polar surface area (TPSA) is 124 Å². The van der Waals surface area contributed by atoms with Crippen molar-refractivity contribution in [3.63, 3.8) is 0 Å². The third kappa shape index (κ3) is 8.22. The molecule has 5 saturated carbocycles. The molecule has 1 aliphatic heterocycles. The van der Waals surface area contributed by atoms with Gasteiger partial charge in [-0.05, 0) is 107 Å². The molecule has 6 aliphatic rings. The quantitative estimate of drug-likeness (QED) is 0.282. The van der Waals surface area contributed by atoms with Gasteiger partial charge in [0, 0.05) is 71.6 Å². The van der Waals surface area contributed by atoms with Crippen LogP contribution in [0, 0.1) is 52.8 Å². The normalized spacial score (nSPS) is 40.5. The summed E-state index contributed by atoms with van der Waals surface area (Å²) in [6, 6.07) is -0.126. The van der Waals surface area contributed by atoms with Crippen LogP contribution in [0.5, 0.6) is 0 Å². The van der Waals surface area contributed by atoms with Crippen molar-refractivity contribution in [2.45, 2.75) is 129 Å². The summed E-state index contributed by atoms with van der Waals surface area (Å²) in [5.41, 5.74) is 0.315. The summed E-state index contributed by atoms with van der Waals surface area (Å²) in [6.07, 6.45) is 7.30. The summed E-state index contributed by atoms with van der Waals surface area (Å²) in [5.74, 6) is 2.36. The number of amides is 3. The molecular weight excluding hydrogens is 634 g/mol. The van der Waals surface area contributed by atoms with E-state index in [2.05, 4.69) is 50.4 Å². The molecule has 11 heteroatoms. The number of rotatable bonds is 12. The lowest BCUT2D eigenvalue weighted by Gasteiger charge is -2.62. The number of aliphatic hydroxyl groups excluding tert-OH is 1. The number of nitrogens with one attached hydrogen (secondary N) is 2. The molecule has 0 aromatic rings. The molecule has 6 rings (SSSR count). The minimum atomic E-state index is -0.807. The second kappa shape index (κ2) is 16.1. The highest BCUT2D eigenvalue weighted by molar-refractivity contribution is 5.83. The lowest BCUT2D eigenvalue weighted by atomic mass is 9.45. The number of aliphatic hydroxyl groups is 1. The summed E-state index contributed by atoms with van der Waals surface area (Å²) in [6.45, 7) is 13.4. The first-order chi connectivity index (χ1) is 23.5. The predicted molar refractivity (Wildman–Crippen MR) is 194 cm³/mol. The minimum absolute atomic E-state index is 0.000246. The molecule has 0 aromatic carbocycles. The number of nitrogens with zero attached hydrogens (tertiary/aromatic N) is 3. The van der Waals surface area contributed by atoms with E-state index in [-0.39, 0.29) is 42.3 Å². The summed E-state index contributed by atoms with van der Waals surface area (Å²) in [5, 5.41) is 19.3. The van der Waals surface area contributed by atoms with E-state index in [0.29, 0.717) is 53.5 Å². The molecule has 3 amide bonds. The third-order valence-electron chi connectivity index (χ3n) is 14.3. The molecule has 6 unspecified atom stereocenters. The predicted octanol–water partition coefficient (Wildman–Crippen LogP) is 3.55. The molecule has 2 bridgehead atoms. The Morgan fingerprint density at radius 3 is 2.36 bits per heavy atom. The van der Waals surface area contributed by atoms with E-state index in [9.17, 15) is 19.5 Å². The van der Waals surface area contributed by atoms with Gasteiger partial charge >= 0.3 is 0 Å². The van der Waals surface area contributed by atoms with Gasteiger partial charge in [-0.15, -0.1) is 0 Å². The van der Waals surface area contributed by atoms with Gasteiger partial charge in [0.25, 0.3) is 0 Å². The fourth-order valence-corrected chi connectivity index (χ4v) is 11.2. The van der Waals surface area contributed by atoms with Crippen molar-refractivity contribution in [3.05, 3.63) is 0 Å². The van der Waals surface area contributed by atoms with Crippen LogP contribution in [0.4, 0.5) is 0 Å². The van der Waals surface area contributed by atoms with Gasteiger partial charge in [-0.25, -0.2) is 0 Å². The van der Waals surface area contributed by atoms with Crippen LogP contribution in [0.15, 0.2) is 0 Å². The largest absolute Gasteiger partial charge is 0.393 e. The first-order valence-electron chi connectivity index (χ1n) is 19.6. The smallest absolute Gasteiger partial charge is 0.240 e. The van der Waals surface area contributed by atoms with Crippen LogP contribution in [0.3, 0.4) is 0 Å². The van der Waals surface area contributed by atoms with Crippen LogP contribution in [0.25, 0.3) is 0 Å². The number of carbonyl (C=O) groups excluding carboxylic acids is 3. The van der Waals surface area contributed by atoms with Crippen molar-refractivity contribution in [1.82, 2.24) is 25.5 Å². The van der Waals surface area contributed by atoms with Gasteiger partial charge in [0.15, 0.2) is 0 Å². The Hall–Kier alpha value is -1.79. The Morgan fingerprint density at radius 1 is 1.06 bits per heavy atom. The third-order valence-corrected chi connectivity index (χ3v) is 14.3. The van der Waals surface area contributed by atoms with Crippen molar-refractivity contribution in [2.75, 3.05) is 47.9 Å². The molecule has 50 heavy (non-hydrogen) atoms. The molecule has 0 radical (unpaired) electrons. The van der Waals surface area contributed by atoms with Crippen LogP contribution >= 0.6 is 0 Å². The van der Waals surface area contributed by atoms with Crippen LogP contribution in [-0.4, -0.2) is 122 Å². The number of hydroxylamine groups is 2. The van der Waals surface area contributed by atoms with E-state index in [1.54, 1.807) is 13.8 Å². The Labute approximate surface area is 301 Å². The number of ether oxygens (including phenoxy) is 1. The zero-order chi connectivity index (χ0) is 36.7. The van der Waals surface area contributed by atoms with Crippen molar-refractivity contribution in [2.24, 2.45) is 52.8 Å². The van der Waals surface area contributed by atoms with Gasteiger partial charge in [-0.1, -0.05) is 27.2 Å². The minimum Gasteiger partial charge on any atom is -0.393 e. The fraction of sp³-hybridized carbons (Fsp3) is 0.923. The van der Waals surface area contributed by atoms with Crippen LogP contribution < -0.4 is 10.6 Å². The Balaban J connectivity index is 1.35. The van der Waals surface area contributed by atoms with Gasteiger partial charge in [-0.3, -0.25) is 19.2 Å². The zero-order valence-electron chi connectivity index (χ0n) is 32.7. The number of hydrogen-bond acceptors (Lipinski definition) is 8. The van der Waals surface area contributed by atoms with E-state index in [4.69, 9.17) is 9.57 Å². The number of fused-ring (bicyclic) bond motifs is 2. The average molecular weight is 704 g/mol. The monoisotopic (exact) mass is 704 g/mol. The second-order valence-electron chi connectivity index (χ2n) is 17.9. The summed E-state index contributed by atoms with van der Waals surface area (Å²) in [4.78, 5) is 49.4.